The molecule has 44 heavy (non-hydrogen) atoms. The largest absolute Gasteiger partial charge is 0.489 e. The van der Waals surface area contributed by atoms with Crippen molar-refractivity contribution in [2.45, 2.75) is 39.6 Å². The van der Waals surface area contributed by atoms with Gasteiger partial charge in [-0.05, 0) is 84.3 Å². The predicted octanol–water partition coefficient (Wildman–Crippen LogP) is 8.21. The third kappa shape index (κ3) is 6.23. The number of aryl methyl sites for hydroxylation is 2. The fourth-order valence-electron chi connectivity index (χ4n) is 6.34. The summed E-state index contributed by atoms with van der Waals surface area (Å²) >= 11 is 0. The summed E-state index contributed by atoms with van der Waals surface area (Å²) in [5, 5.41) is 0. The molecule has 0 atom stereocenters. The molecule has 5 nitrogen and oxygen atoms in total. The maximum Gasteiger partial charge on any atom is 0.159 e. The fourth-order valence-corrected chi connectivity index (χ4v) is 6.34. The second kappa shape index (κ2) is 13.2. The Labute approximate surface area is 259 Å². The summed E-state index contributed by atoms with van der Waals surface area (Å²) in [6, 6.07) is 28.1. The molecule has 0 spiro atoms. The van der Waals surface area contributed by atoms with Crippen molar-refractivity contribution in [1.82, 2.24) is 0 Å². The Kier molecular flexibility index (Phi) is 9.01. The molecule has 6 heteroatoms. The quantitative estimate of drug-likeness (QED) is 0.183. The molecule has 0 N–H and O–H groups in total. The summed E-state index contributed by atoms with van der Waals surface area (Å²) in [7, 11) is 3.35. The Morgan fingerprint density at radius 2 is 1.59 bits per heavy atom. The molecule has 228 valence electrons. The summed E-state index contributed by atoms with van der Waals surface area (Å²) in [6.45, 7) is 6.58. The van der Waals surface area contributed by atoms with Gasteiger partial charge < -0.3 is 23.8 Å². The van der Waals surface area contributed by atoms with Crippen molar-refractivity contribution in [3.8, 4) is 11.5 Å². The van der Waals surface area contributed by atoms with Gasteiger partial charge in [-0.1, -0.05) is 54.6 Å². The summed E-state index contributed by atoms with van der Waals surface area (Å²) in [4.78, 5) is 2.13. The van der Waals surface area contributed by atoms with Gasteiger partial charge >= 0.3 is 0 Å². The van der Waals surface area contributed by atoms with Crippen LogP contribution in [0.5, 0.6) is 11.5 Å². The zero-order valence-electron chi connectivity index (χ0n) is 25.9. The van der Waals surface area contributed by atoms with Crippen LogP contribution in [0.15, 0.2) is 84.9 Å². The minimum atomic E-state index is -0.224. The molecular formula is C38H40FNO4. The molecular weight excluding hydrogens is 553 g/mol. The second-order valence-electron chi connectivity index (χ2n) is 11.7. The SMILES string of the molecule is COC(OC)C1CCN(c2ccc(C3=C(c4ccc(C)c(C)c4)COc4cc(OCc5ccccc5)ccc43)cc2F)CC1. The Hall–Kier alpha value is -4.13. The fraction of sp³-hybridized carbons (Fsp3) is 0.316. The summed E-state index contributed by atoms with van der Waals surface area (Å²) in [5.41, 5.74) is 9.02. The topological polar surface area (TPSA) is 40.2 Å². The van der Waals surface area contributed by atoms with E-state index in [4.69, 9.17) is 18.9 Å². The van der Waals surface area contributed by atoms with E-state index < -0.39 is 0 Å². The van der Waals surface area contributed by atoms with Crippen molar-refractivity contribution in [3.05, 3.63) is 124 Å². The number of anilines is 1. The zero-order valence-corrected chi connectivity index (χ0v) is 25.9. The molecule has 0 bridgehead atoms. The Bertz CT molecular complexity index is 1640. The average molecular weight is 594 g/mol. The molecule has 0 aromatic heterocycles. The highest BCUT2D eigenvalue weighted by atomic mass is 19.1. The Morgan fingerprint density at radius 1 is 0.841 bits per heavy atom. The third-order valence-corrected chi connectivity index (χ3v) is 8.97. The van der Waals surface area contributed by atoms with Crippen molar-refractivity contribution >= 4 is 16.8 Å². The Balaban J connectivity index is 1.33. The van der Waals surface area contributed by atoms with Crippen LogP contribution in [-0.4, -0.2) is 40.2 Å². The molecule has 0 aliphatic carbocycles. The lowest BCUT2D eigenvalue weighted by molar-refractivity contribution is -0.141. The van der Waals surface area contributed by atoms with Crippen LogP contribution in [0, 0.1) is 25.6 Å². The monoisotopic (exact) mass is 593 g/mol. The van der Waals surface area contributed by atoms with Gasteiger partial charge in [-0.15, -0.1) is 0 Å². The third-order valence-electron chi connectivity index (χ3n) is 8.97. The van der Waals surface area contributed by atoms with Crippen LogP contribution < -0.4 is 14.4 Å². The average Bonchev–Trinajstić information content (AvgIpc) is 3.06. The summed E-state index contributed by atoms with van der Waals surface area (Å²) in [6.07, 6.45) is 1.54. The molecule has 6 rings (SSSR count). The second-order valence-corrected chi connectivity index (χ2v) is 11.7. The number of methoxy groups -OCH3 is 2. The van der Waals surface area contributed by atoms with Crippen molar-refractivity contribution in [2.75, 3.05) is 38.8 Å². The van der Waals surface area contributed by atoms with Gasteiger partial charge in [0, 0.05) is 50.4 Å². The van der Waals surface area contributed by atoms with E-state index in [9.17, 15) is 0 Å². The number of piperidine rings is 1. The van der Waals surface area contributed by atoms with E-state index in [1.807, 2.05) is 60.7 Å². The van der Waals surface area contributed by atoms with Crippen molar-refractivity contribution in [3.63, 3.8) is 0 Å². The number of ether oxygens (including phenoxy) is 4. The van der Waals surface area contributed by atoms with E-state index in [1.165, 1.54) is 11.1 Å². The van der Waals surface area contributed by atoms with Crippen LogP contribution in [0.3, 0.4) is 0 Å². The van der Waals surface area contributed by atoms with Crippen molar-refractivity contribution in [1.29, 1.82) is 0 Å². The van der Waals surface area contributed by atoms with Gasteiger partial charge in [0.15, 0.2) is 6.29 Å². The molecule has 4 aromatic carbocycles. The molecule has 1 fully saturated rings. The molecule has 2 heterocycles. The maximum absolute atomic E-state index is 16.0. The van der Waals surface area contributed by atoms with Gasteiger partial charge in [-0.25, -0.2) is 4.39 Å². The molecule has 0 amide bonds. The van der Waals surface area contributed by atoms with Crippen LogP contribution in [0.1, 0.15) is 46.2 Å². The summed E-state index contributed by atoms with van der Waals surface area (Å²) < 4.78 is 39.4. The van der Waals surface area contributed by atoms with Crippen LogP contribution in [0.25, 0.3) is 11.1 Å². The number of hydrogen-bond acceptors (Lipinski definition) is 5. The summed E-state index contributed by atoms with van der Waals surface area (Å²) in [5.74, 6) is 1.54. The van der Waals surface area contributed by atoms with Crippen LogP contribution in [-0.2, 0) is 16.1 Å². The number of rotatable bonds is 9. The first-order valence-electron chi connectivity index (χ1n) is 15.3. The molecule has 4 aromatic rings. The van der Waals surface area contributed by atoms with E-state index in [-0.39, 0.29) is 12.1 Å². The van der Waals surface area contributed by atoms with E-state index in [2.05, 4.69) is 36.9 Å². The van der Waals surface area contributed by atoms with E-state index >= 15 is 4.39 Å². The van der Waals surface area contributed by atoms with E-state index in [0.717, 1.165) is 70.8 Å². The normalized spacial score (nSPS) is 15.4. The van der Waals surface area contributed by atoms with E-state index in [1.54, 1.807) is 20.3 Å². The first-order chi connectivity index (χ1) is 21.4. The zero-order chi connectivity index (χ0) is 30.6. The molecule has 2 aliphatic rings. The van der Waals surface area contributed by atoms with Gasteiger partial charge in [0.25, 0.3) is 0 Å². The van der Waals surface area contributed by atoms with Gasteiger partial charge in [-0.2, -0.15) is 0 Å². The van der Waals surface area contributed by atoms with Crippen molar-refractivity contribution in [2.24, 2.45) is 5.92 Å². The minimum Gasteiger partial charge on any atom is -0.489 e. The van der Waals surface area contributed by atoms with Gasteiger partial charge in [0.2, 0.25) is 0 Å². The standard InChI is InChI=1S/C38H40FNO4/c1-25-10-11-29(20-26(25)2)33-24-44-36-22-31(43-23-27-8-6-5-7-9-27)13-14-32(36)37(33)30-12-15-35(34(39)21-30)40-18-16-28(17-19-40)38(41-3)42-4/h5-15,20-22,28,38H,16-19,23-24H2,1-4H3. The van der Waals surface area contributed by atoms with Crippen LogP contribution >= 0.6 is 0 Å². The molecule has 2 aliphatic heterocycles. The molecule has 1 saturated heterocycles. The first-order valence-corrected chi connectivity index (χ1v) is 15.3. The molecule has 0 unspecified atom stereocenters. The first kappa shape index (κ1) is 29.9. The molecule has 0 saturated carbocycles. The number of halogens is 1. The van der Waals surface area contributed by atoms with Gasteiger partial charge in [-0.3, -0.25) is 0 Å². The minimum absolute atomic E-state index is 0.223. The maximum atomic E-state index is 16.0. The van der Waals surface area contributed by atoms with Crippen molar-refractivity contribution < 1.29 is 23.3 Å². The Morgan fingerprint density at radius 3 is 2.30 bits per heavy atom. The van der Waals surface area contributed by atoms with Gasteiger partial charge in [0.1, 0.15) is 30.5 Å². The van der Waals surface area contributed by atoms with E-state index in [0.29, 0.717) is 24.8 Å². The predicted molar refractivity (Wildman–Crippen MR) is 174 cm³/mol. The number of benzene rings is 4. The lowest BCUT2D eigenvalue weighted by Crippen LogP contribution is -2.39. The highest BCUT2D eigenvalue weighted by molar-refractivity contribution is 6.02. The highest BCUT2D eigenvalue weighted by Gasteiger charge is 2.29. The highest BCUT2D eigenvalue weighted by Crippen LogP contribution is 2.43. The van der Waals surface area contributed by atoms with Gasteiger partial charge in [0.05, 0.1) is 5.69 Å². The lowest BCUT2D eigenvalue weighted by atomic mass is 9.86. The number of hydrogen-bond donors (Lipinski definition) is 0. The molecule has 0 radical (unpaired) electrons. The smallest absolute Gasteiger partial charge is 0.159 e. The number of nitrogens with zero attached hydrogens (tertiary/aromatic N) is 1. The lowest BCUT2D eigenvalue weighted by Gasteiger charge is -2.36. The number of fused-ring (bicyclic) bond motifs is 1. The van der Waals surface area contributed by atoms with Crippen LogP contribution in [0.4, 0.5) is 10.1 Å². The van der Waals surface area contributed by atoms with Crippen LogP contribution in [0.2, 0.25) is 0 Å².